The van der Waals surface area contributed by atoms with E-state index in [2.05, 4.69) is 24.3 Å². The van der Waals surface area contributed by atoms with Gasteiger partial charge in [0.15, 0.2) is 0 Å². The first-order valence-electron chi connectivity index (χ1n) is 6.01. The van der Waals surface area contributed by atoms with Crippen LogP contribution in [0.4, 0.5) is 0 Å². The summed E-state index contributed by atoms with van der Waals surface area (Å²) >= 11 is 1.70. The summed E-state index contributed by atoms with van der Waals surface area (Å²) in [4.78, 5) is 1.19. The number of rotatable bonds is 2. The molecule has 0 spiro atoms. The van der Waals surface area contributed by atoms with E-state index in [-0.39, 0.29) is 5.25 Å². The first-order valence-corrected chi connectivity index (χ1v) is 6.89. The summed E-state index contributed by atoms with van der Waals surface area (Å²) < 4.78 is 0. The van der Waals surface area contributed by atoms with Crippen LogP contribution in [0, 0.1) is 0 Å². The lowest BCUT2D eigenvalue weighted by molar-refractivity contribution is 0.185. The molecule has 0 unspecified atom stereocenters. The predicted octanol–water partition coefficient (Wildman–Crippen LogP) is 3.91. The van der Waals surface area contributed by atoms with Crippen molar-refractivity contribution in [3.63, 3.8) is 0 Å². The van der Waals surface area contributed by atoms with Crippen molar-refractivity contribution in [1.29, 1.82) is 0 Å². The Morgan fingerprint density at radius 1 is 0.889 bits per heavy atom. The highest BCUT2D eigenvalue weighted by atomic mass is 32.2. The van der Waals surface area contributed by atoms with E-state index in [1.807, 2.05) is 42.5 Å². The number of hydrogen-bond acceptors (Lipinski definition) is 2. The molecule has 0 radical (unpaired) electrons. The molecule has 0 saturated carbocycles. The minimum absolute atomic E-state index is 0.0855. The van der Waals surface area contributed by atoms with E-state index < -0.39 is 6.10 Å². The third-order valence-electron chi connectivity index (χ3n) is 3.11. The summed E-state index contributed by atoms with van der Waals surface area (Å²) in [6.07, 6.45) is 3.75. The van der Waals surface area contributed by atoms with Gasteiger partial charge in [-0.2, -0.15) is 0 Å². The fourth-order valence-corrected chi connectivity index (χ4v) is 3.23. The quantitative estimate of drug-likeness (QED) is 0.877. The molecule has 1 aliphatic rings. The third-order valence-corrected chi connectivity index (χ3v) is 4.34. The summed E-state index contributed by atoms with van der Waals surface area (Å²) in [6.45, 7) is 0. The maximum atomic E-state index is 10.4. The van der Waals surface area contributed by atoms with Gasteiger partial charge >= 0.3 is 0 Å². The predicted molar refractivity (Wildman–Crippen MR) is 76.5 cm³/mol. The topological polar surface area (TPSA) is 20.2 Å². The molecule has 3 rings (SSSR count). The number of hydrogen-bond donors (Lipinski definition) is 1. The number of thioether (sulfide) groups is 1. The standard InChI is InChI=1S/C16H14OS/c17-16-14-9-5-4-6-12(14)10-11-15(16)18-13-7-2-1-3-8-13/h1-11,15-17H/t15-,16-/m0/s1. The van der Waals surface area contributed by atoms with Crippen molar-refractivity contribution in [3.8, 4) is 0 Å². The Labute approximate surface area is 111 Å². The second-order valence-electron chi connectivity index (χ2n) is 4.33. The van der Waals surface area contributed by atoms with Crippen molar-refractivity contribution < 1.29 is 5.11 Å². The molecule has 2 atom stereocenters. The fraction of sp³-hybridized carbons (Fsp3) is 0.125. The Morgan fingerprint density at radius 3 is 2.44 bits per heavy atom. The van der Waals surface area contributed by atoms with E-state index in [9.17, 15) is 5.11 Å². The van der Waals surface area contributed by atoms with Gasteiger partial charge in [-0.15, -0.1) is 11.8 Å². The molecule has 2 heteroatoms. The van der Waals surface area contributed by atoms with Gasteiger partial charge in [0.05, 0.1) is 11.4 Å². The molecular weight excluding hydrogens is 240 g/mol. The highest BCUT2D eigenvalue weighted by molar-refractivity contribution is 8.00. The highest BCUT2D eigenvalue weighted by Gasteiger charge is 2.24. The van der Waals surface area contributed by atoms with Gasteiger partial charge in [0.1, 0.15) is 0 Å². The molecule has 1 aliphatic carbocycles. The van der Waals surface area contributed by atoms with E-state index in [4.69, 9.17) is 0 Å². The van der Waals surface area contributed by atoms with Crippen molar-refractivity contribution in [2.45, 2.75) is 16.2 Å². The molecule has 0 fully saturated rings. The lowest BCUT2D eigenvalue weighted by Crippen LogP contribution is -2.16. The average molecular weight is 254 g/mol. The van der Waals surface area contributed by atoms with E-state index in [1.165, 1.54) is 4.90 Å². The Balaban J connectivity index is 1.85. The van der Waals surface area contributed by atoms with Crippen LogP contribution < -0.4 is 0 Å². The van der Waals surface area contributed by atoms with Crippen LogP contribution >= 0.6 is 11.8 Å². The van der Waals surface area contributed by atoms with Crippen LogP contribution in [0.1, 0.15) is 17.2 Å². The molecule has 1 N–H and O–H groups in total. The summed E-state index contributed by atoms with van der Waals surface area (Å²) in [5.41, 5.74) is 2.14. The molecule has 90 valence electrons. The van der Waals surface area contributed by atoms with Gasteiger partial charge < -0.3 is 5.11 Å². The van der Waals surface area contributed by atoms with E-state index in [1.54, 1.807) is 11.8 Å². The van der Waals surface area contributed by atoms with Crippen molar-refractivity contribution in [3.05, 3.63) is 71.8 Å². The maximum absolute atomic E-state index is 10.4. The van der Waals surface area contributed by atoms with Crippen LogP contribution in [-0.2, 0) is 0 Å². The Bertz CT molecular complexity index is 562. The molecular formula is C16H14OS. The van der Waals surface area contributed by atoms with Crippen LogP contribution in [0.3, 0.4) is 0 Å². The van der Waals surface area contributed by atoms with Gasteiger partial charge in [-0.05, 0) is 23.3 Å². The van der Waals surface area contributed by atoms with Crippen molar-refractivity contribution in [2.75, 3.05) is 0 Å². The fourth-order valence-electron chi connectivity index (χ4n) is 2.17. The monoisotopic (exact) mass is 254 g/mol. The zero-order valence-electron chi connectivity index (χ0n) is 9.86. The second-order valence-corrected chi connectivity index (χ2v) is 5.58. The van der Waals surface area contributed by atoms with Crippen LogP contribution in [-0.4, -0.2) is 10.4 Å². The van der Waals surface area contributed by atoms with Crippen molar-refractivity contribution in [1.82, 2.24) is 0 Å². The minimum Gasteiger partial charge on any atom is -0.387 e. The van der Waals surface area contributed by atoms with Crippen molar-refractivity contribution >= 4 is 17.8 Å². The molecule has 0 aromatic heterocycles. The van der Waals surface area contributed by atoms with Gasteiger partial charge in [0, 0.05) is 4.90 Å². The SMILES string of the molecule is O[C@H]1c2ccccc2C=C[C@@H]1Sc1ccccc1. The molecule has 0 heterocycles. The summed E-state index contributed by atoms with van der Waals surface area (Å²) in [7, 11) is 0. The number of aliphatic hydroxyl groups excluding tert-OH is 1. The van der Waals surface area contributed by atoms with Gasteiger partial charge in [-0.25, -0.2) is 0 Å². The summed E-state index contributed by atoms with van der Waals surface area (Å²) in [5, 5.41) is 10.5. The first kappa shape index (κ1) is 11.6. The number of fused-ring (bicyclic) bond motifs is 1. The van der Waals surface area contributed by atoms with Gasteiger partial charge in [-0.1, -0.05) is 54.6 Å². The smallest absolute Gasteiger partial charge is 0.0952 e. The Morgan fingerprint density at radius 2 is 1.61 bits per heavy atom. The average Bonchev–Trinajstić information content (AvgIpc) is 2.43. The molecule has 0 aliphatic heterocycles. The lowest BCUT2D eigenvalue weighted by atomic mass is 9.95. The lowest BCUT2D eigenvalue weighted by Gasteiger charge is -2.25. The van der Waals surface area contributed by atoms with Crippen LogP contribution in [0.5, 0.6) is 0 Å². The molecule has 1 nitrogen and oxygen atoms in total. The van der Waals surface area contributed by atoms with Gasteiger partial charge in [-0.3, -0.25) is 0 Å². The van der Waals surface area contributed by atoms with Crippen molar-refractivity contribution in [2.24, 2.45) is 0 Å². The summed E-state index contributed by atoms with van der Waals surface area (Å²) in [6, 6.07) is 18.2. The molecule has 0 amide bonds. The first-order chi connectivity index (χ1) is 8.84. The second kappa shape index (κ2) is 5.01. The zero-order valence-corrected chi connectivity index (χ0v) is 10.7. The van der Waals surface area contributed by atoms with Crippen LogP contribution in [0.2, 0.25) is 0 Å². The largest absolute Gasteiger partial charge is 0.387 e. The molecule has 2 aromatic rings. The van der Waals surface area contributed by atoms with E-state index >= 15 is 0 Å². The van der Waals surface area contributed by atoms with E-state index in [0.717, 1.165) is 11.1 Å². The molecule has 2 aromatic carbocycles. The van der Waals surface area contributed by atoms with Gasteiger partial charge in [0.2, 0.25) is 0 Å². The third kappa shape index (κ3) is 2.22. The molecule has 18 heavy (non-hydrogen) atoms. The number of aliphatic hydroxyl groups is 1. The van der Waals surface area contributed by atoms with Gasteiger partial charge in [0.25, 0.3) is 0 Å². The van der Waals surface area contributed by atoms with Crippen LogP contribution in [0.15, 0.2) is 65.6 Å². The maximum Gasteiger partial charge on any atom is 0.0952 e. The Hall–Kier alpha value is -1.51. The normalized spacial score (nSPS) is 21.6. The summed E-state index contributed by atoms with van der Waals surface area (Å²) in [5.74, 6) is 0. The number of benzene rings is 2. The highest BCUT2D eigenvalue weighted by Crippen LogP contribution is 2.37. The molecule has 0 saturated heterocycles. The zero-order chi connectivity index (χ0) is 12.4. The molecule has 0 bridgehead atoms. The van der Waals surface area contributed by atoms with Crippen LogP contribution in [0.25, 0.3) is 6.08 Å². The van der Waals surface area contributed by atoms with E-state index in [0.29, 0.717) is 0 Å². The Kier molecular flexibility index (Phi) is 3.22. The minimum atomic E-state index is -0.434.